The van der Waals surface area contributed by atoms with Crippen LogP contribution in [0, 0.1) is 5.92 Å². The minimum absolute atomic E-state index is 0.00745. The monoisotopic (exact) mass is 500 g/mol. The summed E-state index contributed by atoms with van der Waals surface area (Å²) in [7, 11) is 1.48. The largest absolute Gasteiger partial charge is 0.573 e. The van der Waals surface area contributed by atoms with E-state index < -0.39 is 6.36 Å². The molecule has 0 aliphatic carbocycles. The van der Waals surface area contributed by atoms with Gasteiger partial charge in [0.05, 0.1) is 7.11 Å². The number of ether oxygens (including phenoxy) is 2. The molecule has 4 rings (SSSR count). The lowest BCUT2D eigenvalue weighted by Crippen LogP contribution is -2.46. The van der Waals surface area contributed by atoms with Gasteiger partial charge in [0.1, 0.15) is 11.5 Å². The van der Waals surface area contributed by atoms with Gasteiger partial charge >= 0.3 is 6.36 Å². The van der Waals surface area contributed by atoms with E-state index in [0.29, 0.717) is 24.3 Å². The summed E-state index contributed by atoms with van der Waals surface area (Å²) in [5, 5.41) is 17.0. The fourth-order valence-corrected chi connectivity index (χ4v) is 5.15. The zero-order valence-electron chi connectivity index (χ0n) is 20.0. The number of rotatable bonds is 10. The Balaban J connectivity index is 1.63. The first-order valence-electron chi connectivity index (χ1n) is 12.0. The molecule has 3 unspecified atom stereocenters. The quantitative estimate of drug-likeness (QED) is 0.371. The molecule has 1 aliphatic heterocycles. The van der Waals surface area contributed by atoms with Crippen LogP contribution in [0.4, 0.5) is 13.2 Å². The lowest BCUT2D eigenvalue weighted by molar-refractivity contribution is -0.274. The summed E-state index contributed by atoms with van der Waals surface area (Å²) >= 11 is 0. The highest BCUT2D eigenvalue weighted by Crippen LogP contribution is 2.35. The molecule has 0 bridgehead atoms. The van der Waals surface area contributed by atoms with E-state index in [1.54, 1.807) is 0 Å². The van der Waals surface area contributed by atoms with Gasteiger partial charge in [-0.3, -0.25) is 0 Å². The van der Waals surface area contributed by atoms with Crippen molar-refractivity contribution in [1.82, 2.24) is 10.6 Å². The molecule has 1 saturated heterocycles. The topological polar surface area (TPSA) is 62.8 Å². The lowest BCUT2D eigenvalue weighted by atomic mass is 9.80. The minimum Gasteiger partial charge on any atom is -0.496 e. The van der Waals surface area contributed by atoms with Gasteiger partial charge < -0.3 is 25.2 Å². The van der Waals surface area contributed by atoms with Crippen molar-refractivity contribution in [2.45, 2.75) is 37.3 Å². The van der Waals surface area contributed by atoms with E-state index >= 15 is 0 Å². The van der Waals surface area contributed by atoms with E-state index in [-0.39, 0.29) is 42.8 Å². The van der Waals surface area contributed by atoms with Crippen molar-refractivity contribution in [2.24, 2.45) is 5.92 Å². The number of hydrogen-bond donors (Lipinski definition) is 3. The van der Waals surface area contributed by atoms with Crippen molar-refractivity contribution in [3.8, 4) is 11.5 Å². The predicted octanol–water partition coefficient (Wildman–Crippen LogP) is 4.85. The smallest absolute Gasteiger partial charge is 0.496 e. The Kier molecular flexibility index (Phi) is 8.51. The molecule has 3 aromatic carbocycles. The van der Waals surface area contributed by atoms with Crippen LogP contribution >= 0.6 is 0 Å². The Bertz CT molecular complexity index is 1060. The third kappa shape index (κ3) is 6.37. The lowest BCUT2D eigenvalue weighted by Gasteiger charge is -2.32. The van der Waals surface area contributed by atoms with E-state index in [2.05, 4.69) is 39.6 Å². The highest BCUT2D eigenvalue weighted by atomic mass is 19.4. The van der Waals surface area contributed by atoms with Crippen LogP contribution in [-0.4, -0.2) is 43.8 Å². The van der Waals surface area contributed by atoms with Crippen LogP contribution in [-0.2, 0) is 6.54 Å². The molecule has 1 aliphatic rings. The SMILES string of the molecule is COc1ccc(OC(F)(F)F)cc1CNC1C(CCO)CNC1C(c1ccccc1)c1ccccc1. The van der Waals surface area contributed by atoms with Gasteiger partial charge in [0, 0.05) is 36.7 Å². The summed E-state index contributed by atoms with van der Waals surface area (Å²) in [5.41, 5.74) is 2.88. The summed E-state index contributed by atoms with van der Waals surface area (Å²) in [4.78, 5) is 0. The second kappa shape index (κ2) is 11.8. The Hall–Kier alpha value is -3.07. The van der Waals surface area contributed by atoms with Gasteiger partial charge in [0.25, 0.3) is 0 Å². The molecular formula is C28H31F3N2O3. The van der Waals surface area contributed by atoms with Crippen molar-refractivity contribution in [2.75, 3.05) is 20.3 Å². The van der Waals surface area contributed by atoms with Gasteiger partial charge in [0.15, 0.2) is 0 Å². The average Bonchev–Trinajstić information content (AvgIpc) is 3.25. The fourth-order valence-electron chi connectivity index (χ4n) is 5.15. The summed E-state index contributed by atoms with van der Waals surface area (Å²) in [6.07, 6.45) is -4.17. The number of aliphatic hydroxyl groups excluding tert-OH is 1. The number of hydrogen-bond acceptors (Lipinski definition) is 5. The molecule has 0 radical (unpaired) electrons. The number of aliphatic hydroxyl groups is 1. The van der Waals surface area contributed by atoms with Gasteiger partial charge in [0.2, 0.25) is 0 Å². The zero-order chi connectivity index (χ0) is 25.5. The third-order valence-corrected chi connectivity index (χ3v) is 6.70. The Labute approximate surface area is 209 Å². The van der Waals surface area contributed by atoms with Crippen LogP contribution < -0.4 is 20.1 Å². The van der Waals surface area contributed by atoms with Crippen molar-refractivity contribution in [3.63, 3.8) is 0 Å². The molecule has 0 amide bonds. The van der Waals surface area contributed by atoms with E-state index in [0.717, 1.165) is 11.1 Å². The summed E-state index contributed by atoms with van der Waals surface area (Å²) in [6, 6.07) is 24.5. The first-order chi connectivity index (χ1) is 17.4. The number of methoxy groups -OCH3 is 1. The number of nitrogens with one attached hydrogen (secondary N) is 2. The molecule has 0 spiro atoms. The van der Waals surface area contributed by atoms with Crippen LogP contribution in [0.3, 0.4) is 0 Å². The molecule has 1 fully saturated rings. The molecule has 36 heavy (non-hydrogen) atoms. The van der Waals surface area contributed by atoms with E-state index in [1.807, 2.05) is 36.4 Å². The standard InChI is InChI=1S/C28H31F3N2O3/c1-35-24-13-12-23(36-28(29,30)31)16-22(24)18-32-26-21(14-15-34)17-33-27(26)25(19-8-4-2-5-9-19)20-10-6-3-7-11-20/h2-13,16,21,25-27,32-34H,14-15,17-18H2,1H3. The molecule has 0 aromatic heterocycles. The molecule has 3 aromatic rings. The average molecular weight is 501 g/mol. The normalized spacial score (nSPS) is 20.0. The first kappa shape index (κ1) is 26.0. The molecule has 0 saturated carbocycles. The predicted molar refractivity (Wildman–Crippen MR) is 132 cm³/mol. The van der Waals surface area contributed by atoms with Gasteiger partial charge in [-0.2, -0.15) is 0 Å². The maximum Gasteiger partial charge on any atom is 0.573 e. The van der Waals surface area contributed by atoms with Crippen LogP contribution in [0.25, 0.3) is 0 Å². The maximum absolute atomic E-state index is 12.8. The van der Waals surface area contributed by atoms with Gasteiger partial charge in [-0.05, 0) is 48.2 Å². The van der Waals surface area contributed by atoms with E-state index in [9.17, 15) is 18.3 Å². The Morgan fingerprint density at radius 2 is 1.64 bits per heavy atom. The maximum atomic E-state index is 12.8. The summed E-state index contributed by atoms with van der Waals surface area (Å²) in [5.74, 6) is 0.353. The minimum atomic E-state index is -4.77. The molecule has 8 heteroatoms. The van der Waals surface area contributed by atoms with Crippen LogP contribution in [0.1, 0.15) is 29.0 Å². The van der Waals surface area contributed by atoms with Crippen molar-refractivity contribution >= 4 is 0 Å². The molecule has 192 valence electrons. The van der Waals surface area contributed by atoms with Crippen molar-refractivity contribution < 1.29 is 27.8 Å². The number of benzene rings is 3. The van der Waals surface area contributed by atoms with Crippen molar-refractivity contribution in [1.29, 1.82) is 0 Å². The summed E-state index contributed by atoms with van der Waals surface area (Å²) in [6.45, 7) is 1.05. The zero-order valence-corrected chi connectivity index (χ0v) is 20.0. The Morgan fingerprint density at radius 1 is 1.00 bits per heavy atom. The summed E-state index contributed by atoms with van der Waals surface area (Å²) < 4.78 is 47.9. The van der Waals surface area contributed by atoms with E-state index in [4.69, 9.17) is 4.74 Å². The molecule has 5 nitrogen and oxygen atoms in total. The van der Waals surface area contributed by atoms with E-state index in [1.165, 1.54) is 25.3 Å². The van der Waals surface area contributed by atoms with Crippen LogP contribution in [0.15, 0.2) is 78.9 Å². The first-order valence-corrected chi connectivity index (χ1v) is 12.0. The fraction of sp³-hybridized carbons (Fsp3) is 0.357. The molecule has 3 N–H and O–H groups in total. The van der Waals surface area contributed by atoms with Gasteiger partial charge in [-0.25, -0.2) is 0 Å². The molecule has 3 atom stereocenters. The third-order valence-electron chi connectivity index (χ3n) is 6.70. The molecular weight excluding hydrogens is 469 g/mol. The molecule has 1 heterocycles. The highest BCUT2D eigenvalue weighted by Gasteiger charge is 2.41. The number of halogens is 3. The van der Waals surface area contributed by atoms with Crippen LogP contribution in [0.2, 0.25) is 0 Å². The second-order valence-corrected chi connectivity index (χ2v) is 8.93. The highest BCUT2D eigenvalue weighted by molar-refractivity contribution is 5.41. The second-order valence-electron chi connectivity index (χ2n) is 8.93. The number of alkyl halides is 3. The van der Waals surface area contributed by atoms with Crippen molar-refractivity contribution in [3.05, 3.63) is 95.6 Å². The Morgan fingerprint density at radius 3 is 2.19 bits per heavy atom. The van der Waals surface area contributed by atoms with Gasteiger partial charge in [-0.1, -0.05) is 60.7 Å². The van der Waals surface area contributed by atoms with Crippen LogP contribution in [0.5, 0.6) is 11.5 Å². The van der Waals surface area contributed by atoms with Gasteiger partial charge in [-0.15, -0.1) is 13.2 Å².